The molecule has 4 heteroatoms. The van der Waals surface area contributed by atoms with E-state index < -0.39 is 0 Å². The van der Waals surface area contributed by atoms with E-state index >= 15 is 0 Å². The predicted molar refractivity (Wildman–Crippen MR) is 227 cm³/mol. The van der Waals surface area contributed by atoms with E-state index in [0.29, 0.717) is 17.5 Å². The van der Waals surface area contributed by atoms with Crippen LogP contribution >= 0.6 is 0 Å². The number of aromatic nitrogens is 3. The fraction of sp³-hybridized carbons (Fsp3) is 0. The first kappa shape index (κ1) is 31.1. The molecule has 0 radical (unpaired) electrons. The second-order valence-corrected chi connectivity index (χ2v) is 13.9. The lowest BCUT2D eigenvalue weighted by Crippen LogP contribution is -2.01. The first-order chi connectivity index (χ1) is 27.3. The molecule has 0 amide bonds. The van der Waals surface area contributed by atoms with Crippen molar-refractivity contribution >= 4 is 54.3 Å². The Morgan fingerprint density at radius 2 is 0.818 bits per heavy atom. The monoisotopic (exact) mass is 701 g/mol. The van der Waals surface area contributed by atoms with Crippen molar-refractivity contribution in [2.75, 3.05) is 0 Å². The smallest absolute Gasteiger partial charge is 0.164 e. The second kappa shape index (κ2) is 12.6. The van der Waals surface area contributed by atoms with Gasteiger partial charge in [0.05, 0.1) is 0 Å². The Labute approximate surface area is 317 Å². The minimum Gasteiger partial charge on any atom is -0.455 e. The van der Waals surface area contributed by atoms with E-state index in [1.165, 1.54) is 21.9 Å². The zero-order valence-electron chi connectivity index (χ0n) is 29.6. The second-order valence-electron chi connectivity index (χ2n) is 13.9. The number of benzene rings is 9. The van der Waals surface area contributed by atoms with E-state index in [0.717, 1.165) is 71.3 Å². The standard InChI is InChI=1S/C51H31N3O/c1-4-15-32(16-5-1)35-21-14-22-37(29-35)50-52-49(34-19-8-3-9-20-34)53-51(54-50)44-31-43-39-28-27-36(33-17-6-2-7-18-33)30-42(39)38-23-10-11-24-40(38)46(43)48-47(44)41-25-12-13-26-45(41)55-48/h1-31H. The minimum absolute atomic E-state index is 0.592. The highest BCUT2D eigenvalue weighted by molar-refractivity contribution is 6.34. The summed E-state index contributed by atoms with van der Waals surface area (Å²) in [5.74, 6) is 1.82. The topological polar surface area (TPSA) is 51.8 Å². The van der Waals surface area contributed by atoms with Gasteiger partial charge in [-0.3, -0.25) is 0 Å². The Kier molecular flexibility index (Phi) is 7.14. The van der Waals surface area contributed by atoms with E-state index in [2.05, 4.69) is 152 Å². The Hall–Kier alpha value is -7.43. The Morgan fingerprint density at radius 1 is 0.291 bits per heavy atom. The molecule has 2 heterocycles. The van der Waals surface area contributed by atoms with Crippen LogP contribution in [0.4, 0.5) is 0 Å². The maximum Gasteiger partial charge on any atom is 0.164 e. The van der Waals surface area contributed by atoms with Gasteiger partial charge in [0.25, 0.3) is 0 Å². The summed E-state index contributed by atoms with van der Waals surface area (Å²) in [5, 5.41) is 8.84. The SMILES string of the molecule is c1ccc(-c2cccc(-c3nc(-c4ccccc4)nc(-c4cc5c6ccc(-c7ccccc7)cc6c6ccccc6c5c5oc6ccccc6c45)n3)c2)cc1. The highest BCUT2D eigenvalue weighted by atomic mass is 16.3. The first-order valence-electron chi connectivity index (χ1n) is 18.5. The molecule has 0 atom stereocenters. The molecule has 0 aliphatic rings. The highest BCUT2D eigenvalue weighted by Gasteiger charge is 2.23. The van der Waals surface area contributed by atoms with Crippen LogP contribution in [0.5, 0.6) is 0 Å². The lowest BCUT2D eigenvalue weighted by molar-refractivity contribution is 0.673. The van der Waals surface area contributed by atoms with Gasteiger partial charge in [-0.1, -0.05) is 164 Å². The fourth-order valence-corrected chi connectivity index (χ4v) is 8.11. The molecule has 11 aromatic rings. The molecule has 0 bridgehead atoms. The van der Waals surface area contributed by atoms with Crippen LogP contribution in [-0.2, 0) is 0 Å². The van der Waals surface area contributed by atoms with Crippen molar-refractivity contribution in [3.8, 4) is 56.4 Å². The van der Waals surface area contributed by atoms with Crippen LogP contribution in [0.15, 0.2) is 192 Å². The van der Waals surface area contributed by atoms with E-state index in [1.54, 1.807) is 0 Å². The van der Waals surface area contributed by atoms with Gasteiger partial charge in [-0.15, -0.1) is 0 Å². The van der Waals surface area contributed by atoms with Crippen LogP contribution in [0.25, 0.3) is 111 Å². The summed E-state index contributed by atoms with van der Waals surface area (Å²) in [4.78, 5) is 15.7. The summed E-state index contributed by atoms with van der Waals surface area (Å²) in [5.41, 5.74) is 8.99. The number of para-hydroxylation sites is 1. The molecule has 0 N–H and O–H groups in total. The number of fused-ring (bicyclic) bond motifs is 10. The molecule has 0 unspecified atom stereocenters. The fourth-order valence-electron chi connectivity index (χ4n) is 8.11. The number of rotatable bonds is 5. The molecule has 0 saturated carbocycles. The normalized spacial score (nSPS) is 11.6. The van der Waals surface area contributed by atoms with Crippen molar-refractivity contribution in [3.05, 3.63) is 188 Å². The molecule has 0 saturated heterocycles. The number of nitrogens with zero attached hydrogens (tertiary/aromatic N) is 3. The number of hydrogen-bond acceptors (Lipinski definition) is 4. The summed E-state index contributed by atoms with van der Waals surface area (Å²) >= 11 is 0. The van der Waals surface area contributed by atoms with E-state index in [1.807, 2.05) is 36.4 Å². The largest absolute Gasteiger partial charge is 0.455 e. The summed E-state index contributed by atoms with van der Waals surface area (Å²) in [7, 11) is 0. The summed E-state index contributed by atoms with van der Waals surface area (Å²) in [6, 6.07) is 65.6. The van der Waals surface area contributed by atoms with Crippen LogP contribution in [0.3, 0.4) is 0 Å². The van der Waals surface area contributed by atoms with Crippen molar-refractivity contribution in [2.24, 2.45) is 0 Å². The molecule has 0 aliphatic heterocycles. The maximum absolute atomic E-state index is 6.90. The molecule has 2 aromatic heterocycles. The van der Waals surface area contributed by atoms with Crippen LogP contribution in [0.1, 0.15) is 0 Å². The van der Waals surface area contributed by atoms with Crippen molar-refractivity contribution in [3.63, 3.8) is 0 Å². The summed E-state index contributed by atoms with van der Waals surface area (Å²) < 4.78 is 6.90. The average molecular weight is 702 g/mol. The van der Waals surface area contributed by atoms with E-state index in [-0.39, 0.29) is 0 Å². The highest BCUT2D eigenvalue weighted by Crippen LogP contribution is 2.46. The molecule has 55 heavy (non-hydrogen) atoms. The minimum atomic E-state index is 0.592. The quantitative estimate of drug-likeness (QED) is 0.168. The molecular weight excluding hydrogens is 671 g/mol. The third-order valence-corrected chi connectivity index (χ3v) is 10.7. The van der Waals surface area contributed by atoms with Crippen LogP contribution in [-0.4, -0.2) is 15.0 Å². The van der Waals surface area contributed by atoms with Crippen molar-refractivity contribution < 1.29 is 4.42 Å². The van der Waals surface area contributed by atoms with Crippen LogP contribution in [0.2, 0.25) is 0 Å². The summed E-state index contributed by atoms with van der Waals surface area (Å²) in [6.45, 7) is 0. The van der Waals surface area contributed by atoms with Crippen LogP contribution < -0.4 is 0 Å². The van der Waals surface area contributed by atoms with Gasteiger partial charge in [-0.05, 0) is 73.5 Å². The molecule has 9 aromatic carbocycles. The lowest BCUT2D eigenvalue weighted by atomic mass is 9.89. The molecule has 256 valence electrons. The van der Waals surface area contributed by atoms with Gasteiger partial charge in [0.2, 0.25) is 0 Å². The van der Waals surface area contributed by atoms with Crippen molar-refractivity contribution in [1.82, 2.24) is 15.0 Å². The molecular formula is C51H31N3O. The third kappa shape index (κ3) is 5.19. The van der Waals surface area contributed by atoms with Crippen LogP contribution in [0, 0.1) is 0 Å². The zero-order chi connectivity index (χ0) is 36.3. The van der Waals surface area contributed by atoms with Gasteiger partial charge in [-0.2, -0.15) is 0 Å². The predicted octanol–water partition coefficient (Wildman–Crippen LogP) is 13.6. The molecule has 0 aliphatic carbocycles. The first-order valence-corrected chi connectivity index (χ1v) is 18.5. The Bertz CT molecular complexity index is 3240. The van der Waals surface area contributed by atoms with Crippen molar-refractivity contribution in [1.29, 1.82) is 0 Å². The van der Waals surface area contributed by atoms with Crippen molar-refractivity contribution in [2.45, 2.75) is 0 Å². The molecule has 11 rings (SSSR count). The van der Waals surface area contributed by atoms with Gasteiger partial charge in [0.15, 0.2) is 17.5 Å². The van der Waals surface area contributed by atoms with Gasteiger partial charge in [0.1, 0.15) is 11.2 Å². The van der Waals surface area contributed by atoms with E-state index in [4.69, 9.17) is 19.4 Å². The van der Waals surface area contributed by atoms with Gasteiger partial charge in [0, 0.05) is 32.8 Å². The van der Waals surface area contributed by atoms with Gasteiger partial charge >= 0.3 is 0 Å². The van der Waals surface area contributed by atoms with Gasteiger partial charge in [-0.25, -0.2) is 15.0 Å². The Balaban J connectivity index is 1.25. The number of furan rings is 1. The average Bonchev–Trinajstić information content (AvgIpc) is 3.66. The molecule has 4 nitrogen and oxygen atoms in total. The maximum atomic E-state index is 6.90. The zero-order valence-corrected chi connectivity index (χ0v) is 29.6. The Morgan fingerprint density at radius 3 is 1.55 bits per heavy atom. The molecule has 0 spiro atoms. The number of hydrogen-bond donors (Lipinski definition) is 0. The third-order valence-electron chi connectivity index (χ3n) is 10.7. The molecule has 0 fully saturated rings. The lowest BCUT2D eigenvalue weighted by Gasteiger charge is -2.15. The van der Waals surface area contributed by atoms with E-state index in [9.17, 15) is 0 Å². The van der Waals surface area contributed by atoms with Gasteiger partial charge < -0.3 is 4.42 Å². The summed E-state index contributed by atoms with van der Waals surface area (Å²) in [6.07, 6.45) is 0.